The maximum Gasteiger partial charge on any atom is 0.124 e. The van der Waals surface area contributed by atoms with Crippen LogP contribution in [0.5, 0.6) is 5.75 Å². The summed E-state index contributed by atoms with van der Waals surface area (Å²) in [5, 5.41) is 3.14. The number of thiazole rings is 1. The molecule has 0 fully saturated rings. The Hall–Kier alpha value is -2.79. The van der Waals surface area contributed by atoms with Crippen molar-refractivity contribution in [2.75, 3.05) is 7.11 Å². The van der Waals surface area contributed by atoms with Gasteiger partial charge in [-0.05, 0) is 56.3 Å². The number of hydrogen-bond acceptors (Lipinski definition) is 4. The minimum absolute atomic E-state index is 0.736. The van der Waals surface area contributed by atoms with Crippen molar-refractivity contribution in [3.05, 3.63) is 71.3 Å². The molecule has 0 bridgehead atoms. The van der Waals surface area contributed by atoms with Crippen LogP contribution in [0.2, 0.25) is 0 Å². The monoisotopic (exact) mass is 364 g/mol. The smallest absolute Gasteiger partial charge is 0.124 e. The first kappa shape index (κ1) is 16.7. The molecule has 26 heavy (non-hydrogen) atoms. The van der Waals surface area contributed by atoms with E-state index in [-0.39, 0.29) is 0 Å². The highest BCUT2D eigenvalue weighted by atomic mass is 32.1. The summed E-state index contributed by atoms with van der Waals surface area (Å²) in [6.07, 6.45) is 1.71. The Kier molecular flexibility index (Phi) is 4.39. The van der Waals surface area contributed by atoms with E-state index in [2.05, 4.69) is 29.9 Å². The standard InChI is InChI=1S/C21H20N2O2S/c1-14-11-19(15(2)23(14)12-18-5-4-10-25-18)20-13-26-21(22-20)16-6-8-17(24-3)9-7-16/h4-11,13H,12H2,1-3H3. The molecule has 0 aliphatic rings. The molecule has 3 heterocycles. The number of benzene rings is 1. The van der Waals surface area contributed by atoms with Crippen molar-refractivity contribution in [3.63, 3.8) is 0 Å². The first-order valence-corrected chi connectivity index (χ1v) is 9.33. The Morgan fingerprint density at radius 2 is 1.96 bits per heavy atom. The van der Waals surface area contributed by atoms with Crippen LogP contribution >= 0.6 is 11.3 Å². The van der Waals surface area contributed by atoms with Crippen molar-refractivity contribution in [2.24, 2.45) is 0 Å². The van der Waals surface area contributed by atoms with Crippen molar-refractivity contribution in [3.8, 4) is 27.6 Å². The maximum absolute atomic E-state index is 5.50. The Balaban J connectivity index is 1.65. The molecule has 0 spiro atoms. The molecular weight excluding hydrogens is 344 g/mol. The molecule has 0 saturated carbocycles. The van der Waals surface area contributed by atoms with Gasteiger partial charge in [-0.25, -0.2) is 4.98 Å². The third kappa shape index (κ3) is 3.06. The zero-order chi connectivity index (χ0) is 18.1. The number of aromatic nitrogens is 2. The first-order valence-electron chi connectivity index (χ1n) is 8.45. The lowest BCUT2D eigenvalue weighted by Gasteiger charge is -2.07. The Morgan fingerprint density at radius 3 is 2.65 bits per heavy atom. The van der Waals surface area contributed by atoms with Gasteiger partial charge in [0.25, 0.3) is 0 Å². The Bertz CT molecular complexity index is 1010. The third-order valence-corrected chi connectivity index (χ3v) is 5.48. The number of methoxy groups -OCH3 is 1. The van der Waals surface area contributed by atoms with E-state index in [0.717, 1.165) is 34.3 Å². The minimum Gasteiger partial charge on any atom is -0.497 e. The summed E-state index contributed by atoms with van der Waals surface area (Å²) >= 11 is 1.66. The van der Waals surface area contributed by atoms with Crippen LogP contribution in [0.15, 0.2) is 58.5 Å². The summed E-state index contributed by atoms with van der Waals surface area (Å²) in [5.41, 5.74) is 5.69. The van der Waals surface area contributed by atoms with Gasteiger partial charge in [-0.2, -0.15) is 0 Å². The van der Waals surface area contributed by atoms with Crippen molar-refractivity contribution in [2.45, 2.75) is 20.4 Å². The van der Waals surface area contributed by atoms with E-state index in [1.54, 1.807) is 24.7 Å². The molecule has 0 amide bonds. The molecule has 0 unspecified atom stereocenters. The zero-order valence-electron chi connectivity index (χ0n) is 15.0. The van der Waals surface area contributed by atoms with E-state index in [9.17, 15) is 0 Å². The molecule has 1 aromatic carbocycles. The van der Waals surface area contributed by atoms with Crippen LogP contribution < -0.4 is 4.74 Å². The Morgan fingerprint density at radius 1 is 1.15 bits per heavy atom. The van der Waals surface area contributed by atoms with Gasteiger partial charge in [0.2, 0.25) is 0 Å². The highest BCUT2D eigenvalue weighted by Gasteiger charge is 2.15. The summed E-state index contributed by atoms with van der Waals surface area (Å²) < 4.78 is 13.0. The molecule has 0 aliphatic carbocycles. The molecular formula is C21H20N2O2S. The average Bonchev–Trinajstić information content (AvgIpc) is 3.39. The molecule has 4 nitrogen and oxygen atoms in total. The van der Waals surface area contributed by atoms with Crippen LogP contribution in [0.1, 0.15) is 17.1 Å². The molecule has 132 valence electrons. The second kappa shape index (κ2) is 6.84. The van der Waals surface area contributed by atoms with Gasteiger partial charge >= 0.3 is 0 Å². The van der Waals surface area contributed by atoms with Gasteiger partial charge in [0.15, 0.2) is 0 Å². The number of furan rings is 1. The third-order valence-electron chi connectivity index (χ3n) is 4.58. The molecule has 0 aliphatic heterocycles. The molecule has 0 atom stereocenters. The summed E-state index contributed by atoms with van der Waals surface area (Å²) in [6.45, 7) is 4.99. The van der Waals surface area contributed by atoms with Crippen molar-refractivity contribution >= 4 is 11.3 Å². The van der Waals surface area contributed by atoms with E-state index >= 15 is 0 Å². The van der Waals surface area contributed by atoms with Gasteiger partial charge in [0.1, 0.15) is 16.5 Å². The van der Waals surface area contributed by atoms with Gasteiger partial charge in [-0.1, -0.05) is 0 Å². The van der Waals surface area contributed by atoms with Crippen molar-refractivity contribution in [1.82, 2.24) is 9.55 Å². The number of nitrogens with zero attached hydrogens (tertiary/aromatic N) is 2. The lowest BCUT2D eigenvalue weighted by atomic mass is 10.2. The van der Waals surface area contributed by atoms with Crippen molar-refractivity contribution in [1.29, 1.82) is 0 Å². The van der Waals surface area contributed by atoms with Crippen LogP contribution in [0.4, 0.5) is 0 Å². The van der Waals surface area contributed by atoms with Gasteiger partial charge in [0, 0.05) is 27.9 Å². The van der Waals surface area contributed by atoms with Crippen LogP contribution in [0.3, 0.4) is 0 Å². The van der Waals surface area contributed by atoms with Crippen LogP contribution in [0, 0.1) is 13.8 Å². The zero-order valence-corrected chi connectivity index (χ0v) is 15.8. The largest absolute Gasteiger partial charge is 0.497 e. The normalized spacial score (nSPS) is 11.0. The predicted molar refractivity (Wildman–Crippen MR) is 105 cm³/mol. The Labute approximate surface area is 156 Å². The number of ether oxygens (including phenoxy) is 1. The molecule has 5 heteroatoms. The highest BCUT2D eigenvalue weighted by molar-refractivity contribution is 7.13. The van der Waals surface area contributed by atoms with Gasteiger partial charge < -0.3 is 13.7 Å². The molecule has 0 saturated heterocycles. The number of hydrogen-bond donors (Lipinski definition) is 0. The molecule has 3 aromatic heterocycles. The van der Waals surface area contributed by atoms with E-state index in [0.29, 0.717) is 0 Å². The topological polar surface area (TPSA) is 40.2 Å². The average molecular weight is 364 g/mol. The summed E-state index contributed by atoms with van der Waals surface area (Å²) in [7, 11) is 1.68. The molecule has 4 rings (SSSR count). The van der Waals surface area contributed by atoms with E-state index in [4.69, 9.17) is 14.1 Å². The van der Waals surface area contributed by atoms with Gasteiger partial charge in [-0.15, -0.1) is 11.3 Å². The van der Waals surface area contributed by atoms with Gasteiger partial charge in [-0.3, -0.25) is 0 Å². The predicted octanol–water partition coefficient (Wildman–Crippen LogP) is 5.55. The van der Waals surface area contributed by atoms with E-state index in [1.807, 2.05) is 36.4 Å². The van der Waals surface area contributed by atoms with E-state index < -0.39 is 0 Å². The fourth-order valence-electron chi connectivity index (χ4n) is 3.13. The quantitative estimate of drug-likeness (QED) is 0.466. The van der Waals surface area contributed by atoms with Crippen LogP contribution in [-0.2, 0) is 6.54 Å². The fraction of sp³-hybridized carbons (Fsp3) is 0.190. The minimum atomic E-state index is 0.736. The molecule has 4 aromatic rings. The van der Waals surface area contributed by atoms with E-state index in [1.165, 1.54) is 17.0 Å². The highest BCUT2D eigenvalue weighted by Crippen LogP contribution is 2.33. The summed E-state index contributed by atoms with van der Waals surface area (Å²) in [4.78, 5) is 4.86. The lowest BCUT2D eigenvalue weighted by molar-refractivity contribution is 0.415. The van der Waals surface area contributed by atoms with Crippen LogP contribution in [0.25, 0.3) is 21.8 Å². The SMILES string of the molecule is COc1ccc(-c2nc(-c3cc(C)n(Cc4ccco4)c3C)cs2)cc1. The molecule has 0 N–H and O–H groups in total. The summed E-state index contributed by atoms with van der Waals surface area (Å²) in [5.74, 6) is 1.81. The van der Waals surface area contributed by atoms with Gasteiger partial charge in [0.05, 0.1) is 25.6 Å². The second-order valence-electron chi connectivity index (χ2n) is 6.22. The number of rotatable bonds is 5. The number of aryl methyl sites for hydroxylation is 1. The van der Waals surface area contributed by atoms with Crippen LogP contribution in [-0.4, -0.2) is 16.7 Å². The fourth-order valence-corrected chi connectivity index (χ4v) is 3.95. The summed E-state index contributed by atoms with van der Waals surface area (Å²) in [6, 6.07) is 14.1. The lowest BCUT2D eigenvalue weighted by Crippen LogP contribution is -2.02. The second-order valence-corrected chi connectivity index (χ2v) is 7.07. The maximum atomic E-state index is 5.50. The van der Waals surface area contributed by atoms with Crippen molar-refractivity contribution < 1.29 is 9.15 Å². The molecule has 0 radical (unpaired) electrons. The first-order chi connectivity index (χ1) is 12.7.